The molecule has 1 aliphatic rings. The molecule has 0 spiro atoms. The van der Waals surface area contributed by atoms with Crippen LogP contribution in [0, 0.1) is 0 Å². The predicted molar refractivity (Wildman–Crippen MR) is 85.3 cm³/mol. The summed E-state index contributed by atoms with van der Waals surface area (Å²) in [5.41, 5.74) is 0. The summed E-state index contributed by atoms with van der Waals surface area (Å²) < 4.78 is 6.70. The average molecular weight is 356 g/mol. The Kier molecular flexibility index (Phi) is 6.06. The van der Waals surface area contributed by atoms with Gasteiger partial charge in [0.1, 0.15) is 5.75 Å². The minimum Gasteiger partial charge on any atom is -0.481 e. The standard InChI is InChI=1S/C16H22BrNO3/c1-12(21-15-8-6-13(17)7-9-15)16(20)18(10-11-19)14-4-2-3-5-14/h6-9,12,14,19H,2-5,10-11H2,1H3. The quantitative estimate of drug-likeness (QED) is 0.853. The van der Waals surface area contributed by atoms with Gasteiger partial charge in [0.2, 0.25) is 0 Å². The van der Waals surface area contributed by atoms with Crippen molar-refractivity contribution in [3.05, 3.63) is 28.7 Å². The van der Waals surface area contributed by atoms with Crippen LogP contribution in [0.1, 0.15) is 32.6 Å². The van der Waals surface area contributed by atoms with E-state index in [1.54, 1.807) is 11.8 Å². The van der Waals surface area contributed by atoms with Crippen LogP contribution in [0.25, 0.3) is 0 Å². The number of aliphatic hydroxyl groups is 1. The molecule has 1 atom stereocenters. The maximum atomic E-state index is 12.6. The van der Waals surface area contributed by atoms with Gasteiger partial charge in [0.25, 0.3) is 5.91 Å². The smallest absolute Gasteiger partial charge is 0.263 e. The molecular formula is C16H22BrNO3. The number of benzene rings is 1. The molecule has 0 radical (unpaired) electrons. The molecule has 0 heterocycles. The summed E-state index contributed by atoms with van der Waals surface area (Å²) >= 11 is 3.37. The number of nitrogens with zero attached hydrogens (tertiary/aromatic N) is 1. The summed E-state index contributed by atoms with van der Waals surface area (Å²) in [6, 6.07) is 7.68. The molecule has 1 unspecified atom stereocenters. The van der Waals surface area contributed by atoms with Crippen LogP contribution in [0.5, 0.6) is 5.75 Å². The molecule has 0 aromatic heterocycles. The van der Waals surface area contributed by atoms with Crippen LogP contribution in [0.4, 0.5) is 0 Å². The first-order valence-electron chi connectivity index (χ1n) is 7.45. The fourth-order valence-corrected chi connectivity index (χ4v) is 3.06. The van der Waals surface area contributed by atoms with Gasteiger partial charge in [0.15, 0.2) is 6.10 Å². The number of hydrogen-bond donors (Lipinski definition) is 1. The maximum Gasteiger partial charge on any atom is 0.263 e. The fraction of sp³-hybridized carbons (Fsp3) is 0.562. The van der Waals surface area contributed by atoms with Gasteiger partial charge in [-0.15, -0.1) is 0 Å². The third-order valence-corrected chi connectivity index (χ3v) is 4.39. The Hall–Kier alpha value is -1.07. The van der Waals surface area contributed by atoms with Gasteiger partial charge in [0, 0.05) is 17.1 Å². The van der Waals surface area contributed by atoms with Gasteiger partial charge in [-0.2, -0.15) is 0 Å². The van der Waals surface area contributed by atoms with Gasteiger partial charge in [-0.3, -0.25) is 4.79 Å². The topological polar surface area (TPSA) is 49.8 Å². The number of rotatable bonds is 6. The van der Waals surface area contributed by atoms with Crippen LogP contribution in [0.3, 0.4) is 0 Å². The van der Waals surface area contributed by atoms with Crippen LogP contribution in [-0.2, 0) is 4.79 Å². The summed E-state index contributed by atoms with van der Waals surface area (Å²) in [5, 5.41) is 9.21. The molecule has 0 bridgehead atoms. The fourth-order valence-electron chi connectivity index (χ4n) is 2.80. The summed E-state index contributed by atoms with van der Waals surface area (Å²) in [6.45, 7) is 2.15. The molecule has 1 saturated carbocycles. The van der Waals surface area contributed by atoms with E-state index >= 15 is 0 Å². The third-order valence-electron chi connectivity index (χ3n) is 3.86. The Labute approximate surface area is 134 Å². The molecule has 116 valence electrons. The molecule has 5 heteroatoms. The number of amides is 1. The van der Waals surface area contributed by atoms with E-state index in [2.05, 4.69) is 15.9 Å². The number of aliphatic hydroxyl groups excluding tert-OH is 1. The summed E-state index contributed by atoms with van der Waals surface area (Å²) in [5.74, 6) is 0.633. The summed E-state index contributed by atoms with van der Waals surface area (Å²) in [6.07, 6.45) is 3.82. The second-order valence-corrected chi connectivity index (χ2v) is 6.32. The van der Waals surface area contributed by atoms with Crippen molar-refractivity contribution in [1.29, 1.82) is 0 Å². The third kappa shape index (κ3) is 4.45. The SMILES string of the molecule is CC(Oc1ccc(Br)cc1)C(=O)N(CCO)C1CCCC1. The highest BCUT2D eigenvalue weighted by atomic mass is 79.9. The monoisotopic (exact) mass is 355 g/mol. The molecule has 1 N–H and O–H groups in total. The zero-order chi connectivity index (χ0) is 15.2. The van der Waals surface area contributed by atoms with Gasteiger partial charge in [-0.25, -0.2) is 0 Å². The lowest BCUT2D eigenvalue weighted by atomic mass is 10.2. The molecule has 21 heavy (non-hydrogen) atoms. The van der Waals surface area contributed by atoms with E-state index < -0.39 is 6.10 Å². The minimum atomic E-state index is -0.543. The number of ether oxygens (including phenoxy) is 1. The zero-order valence-corrected chi connectivity index (χ0v) is 13.9. The second-order valence-electron chi connectivity index (χ2n) is 5.41. The molecule has 4 nitrogen and oxygen atoms in total. The highest BCUT2D eigenvalue weighted by Crippen LogP contribution is 2.25. The Balaban J connectivity index is 1.99. The predicted octanol–water partition coefficient (Wildman–Crippen LogP) is 2.98. The Morgan fingerprint density at radius 3 is 2.57 bits per heavy atom. The van der Waals surface area contributed by atoms with Crippen molar-refractivity contribution >= 4 is 21.8 Å². The van der Waals surface area contributed by atoms with Gasteiger partial charge >= 0.3 is 0 Å². The maximum absolute atomic E-state index is 12.6. The average Bonchev–Trinajstić information content (AvgIpc) is 3.00. The normalized spacial score (nSPS) is 16.7. The molecular weight excluding hydrogens is 334 g/mol. The second kappa shape index (κ2) is 7.80. The molecule has 1 amide bonds. The molecule has 0 saturated heterocycles. The van der Waals surface area contributed by atoms with Crippen molar-refractivity contribution < 1.29 is 14.6 Å². The van der Waals surface area contributed by atoms with Crippen molar-refractivity contribution in [3.63, 3.8) is 0 Å². The summed E-state index contributed by atoms with van der Waals surface area (Å²) in [7, 11) is 0. The van der Waals surface area contributed by atoms with E-state index in [1.165, 1.54) is 0 Å². The lowest BCUT2D eigenvalue weighted by Gasteiger charge is -2.30. The largest absolute Gasteiger partial charge is 0.481 e. The first-order valence-corrected chi connectivity index (χ1v) is 8.24. The van der Waals surface area contributed by atoms with Crippen molar-refractivity contribution in [2.24, 2.45) is 0 Å². The van der Waals surface area contributed by atoms with E-state index in [0.29, 0.717) is 12.3 Å². The van der Waals surface area contributed by atoms with Gasteiger partial charge in [0.05, 0.1) is 6.61 Å². The van der Waals surface area contributed by atoms with Crippen LogP contribution in [-0.4, -0.2) is 41.2 Å². The van der Waals surface area contributed by atoms with Crippen LogP contribution in [0.2, 0.25) is 0 Å². The van der Waals surface area contributed by atoms with E-state index in [9.17, 15) is 9.90 Å². The lowest BCUT2D eigenvalue weighted by Crippen LogP contribution is -2.46. The number of hydrogen-bond acceptors (Lipinski definition) is 3. The lowest BCUT2D eigenvalue weighted by molar-refractivity contribution is -0.140. The Morgan fingerprint density at radius 1 is 1.38 bits per heavy atom. The van der Waals surface area contributed by atoms with Crippen LogP contribution < -0.4 is 4.74 Å². The van der Waals surface area contributed by atoms with E-state index in [0.717, 1.165) is 30.2 Å². The molecule has 2 rings (SSSR count). The van der Waals surface area contributed by atoms with Crippen LogP contribution >= 0.6 is 15.9 Å². The zero-order valence-electron chi connectivity index (χ0n) is 12.3. The van der Waals surface area contributed by atoms with Crippen molar-refractivity contribution in [2.75, 3.05) is 13.2 Å². The molecule has 1 aliphatic carbocycles. The first kappa shape index (κ1) is 16.3. The van der Waals surface area contributed by atoms with Crippen LogP contribution in [0.15, 0.2) is 28.7 Å². The van der Waals surface area contributed by atoms with Crippen molar-refractivity contribution in [1.82, 2.24) is 4.90 Å². The Bertz CT molecular complexity index is 457. The van der Waals surface area contributed by atoms with Crippen molar-refractivity contribution in [2.45, 2.75) is 44.8 Å². The van der Waals surface area contributed by atoms with Crippen molar-refractivity contribution in [3.8, 4) is 5.75 Å². The van der Waals surface area contributed by atoms with Gasteiger partial charge in [-0.1, -0.05) is 28.8 Å². The van der Waals surface area contributed by atoms with E-state index in [-0.39, 0.29) is 18.6 Å². The number of carbonyl (C=O) groups is 1. The molecule has 1 aromatic carbocycles. The van der Waals surface area contributed by atoms with Gasteiger partial charge < -0.3 is 14.7 Å². The number of halogens is 1. The molecule has 1 aromatic rings. The minimum absolute atomic E-state index is 0.00670. The highest BCUT2D eigenvalue weighted by Gasteiger charge is 2.30. The molecule has 1 fully saturated rings. The van der Waals surface area contributed by atoms with Gasteiger partial charge in [-0.05, 0) is 44.0 Å². The number of carbonyl (C=O) groups excluding carboxylic acids is 1. The highest BCUT2D eigenvalue weighted by molar-refractivity contribution is 9.10. The summed E-state index contributed by atoms with van der Waals surface area (Å²) in [4.78, 5) is 14.4. The molecule has 0 aliphatic heterocycles. The van der Waals surface area contributed by atoms with E-state index in [1.807, 2.05) is 24.3 Å². The Morgan fingerprint density at radius 2 is 2.00 bits per heavy atom. The first-order chi connectivity index (χ1) is 10.1. The van der Waals surface area contributed by atoms with E-state index in [4.69, 9.17) is 4.74 Å².